The molecule has 17 heavy (non-hydrogen) atoms. The molecule has 0 aromatic heterocycles. The van der Waals surface area contributed by atoms with Gasteiger partial charge in [-0.1, -0.05) is 6.92 Å². The van der Waals surface area contributed by atoms with Crippen molar-refractivity contribution >= 4 is 5.97 Å². The first-order chi connectivity index (χ1) is 8.04. The maximum Gasteiger partial charge on any atom is 0.325 e. The van der Waals surface area contributed by atoms with Crippen molar-refractivity contribution in [1.82, 2.24) is 0 Å². The van der Waals surface area contributed by atoms with Crippen molar-refractivity contribution in [2.45, 2.75) is 19.4 Å². The number of nitrogens with two attached hydrogens (primary N) is 1. The van der Waals surface area contributed by atoms with E-state index < -0.39 is 12.0 Å². The summed E-state index contributed by atoms with van der Waals surface area (Å²) in [4.78, 5) is 10.9. The molecule has 0 aliphatic heterocycles. The average molecular weight is 239 g/mol. The predicted molar refractivity (Wildman–Crippen MR) is 63.5 cm³/mol. The Morgan fingerprint density at radius 2 is 2.06 bits per heavy atom. The number of methoxy groups -OCH3 is 2. The van der Waals surface area contributed by atoms with Gasteiger partial charge < -0.3 is 20.3 Å². The van der Waals surface area contributed by atoms with Crippen LogP contribution in [0.4, 0.5) is 0 Å². The van der Waals surface area contributed by atoms with E-state index in [-0.39, 0.29) is 0 Å². The number of benzene rings is 1. The summed E-state index contributed by atoms with van der Waals surface area (Å²) in [5, 5.41) is 8.96. The van der Waals surface area contributed by atoms with E-state index in [1.165, 1.54) is 14.2 Å². The molecule has 0 aliphatic carbocycles. The second-order valence-electron chi connectivity index (χ2n) is 3.59. The zero-order valence-corrected chi connectivity index (χ0v) is 10.2. The fraction of sp³-hybridized carbons (Fsp3) is 0.417. The van der Waals surface area contributed by atoms with Crippen molar-refractivity contribution in [3.8, 4) is 11.5 Å². The second kappa shape index (κ2) is 5.54. The monoisotopic (exact) mass is 239 g/mol. The fourth-order valence-electron chi connectivity index (χ4n) is 1.62. The van der Waals surface area contributed by atoms with Crippen LogP contribution in [0.15, 0.2) is 12.1 Å². The van der Waals surface area contributed by atoms with Crippen LogP contribution in [0.2, 0.25) is 0 Å². The Labute approximate surface area is 100 Å². The predicted octanol–water partition coefficient (Wildman–Crippen LogP) is 1.35. The summed E-state index contributed by atoms with van der Waals surface area (Å²) >= 11 is 0. The van der Waals surface area contributed by atoms with Crippen molar-refractivity contribution in [2.75, 3.05) is 14.2 Å². The molecule has 5 heteroatoms. The molecule has 1 aromatic carbocycles. The van der Waals surface area contributed by atoms with Crippen molar-refractivity contribution in [1.29, 1.82) is 0 Å². The van der Waals surface area contributed by atoms with Gasteiger partial charge in [0.15, 0.2) is 11.5 Å². The molecule has 0 radical (unpaired) electrons. The number of ether oxygens (including phenoxy) is 2. The first kappa shape index (κ1) is 13.3. The minimum Gasteiger partial charge on any atom is -0.493 e. The smallest absolute Gasteiger partial charge is 0.325 e. The minimum atomic E-state index is -1.12. The Bertz CT molecular complexity index is 417. The van der Waals surface area contributed by atoms with Crippen molar-refractivity contribution in [2.24, 2.45) is 5.73 Å². The molecule has 5 nitrogen and oxygen atoms in total. The summed E-state index contributed by atoms with van der Waals surface area (Å²) in [5.74, 6) is -0.225. The lowest BCUT2D eigenvalue weighted by molar-refractivity contribution is -0.138. The van der Waals surface area contributed by atoms with Gasteiger partial charge in [0, 0.05) is 5.56 Å². The van der Waals surface area contributed by atoms with Crippen molar-refractivity contribution in [3.63, 3.8) is 0 Å². The van der Waals surface area contributed by atoms with Gasteiger partial charge in [-0.05, 0) is 24.1 Å². The molecule has 0 aliphatic rings. The lowest BCUT2D eigenvalue weighted by Crippen LogP contribution is -2.21. The molecule has 0 heterocycles. The summed E-state index contributed by atoms with van der Waals surface area (Å²) in [6.45, 7) is 1.97. The summed E-state index contributed by atoms with van der Waals surface area (Å²) in [7, 11) is 2.97. The van der Waals surface area contributed by atoms with E-state index in [2.05, 4.69) is 0 Å². The summed E-state index contributed by atoms with van der Waals surface area (Å²) in [6, 6.07) is 2.43. The van der Waals surface area contributed by atoms with Gasteiger partial charge in [0.1, 0.15) is 6.04 Å². The molecule has 0 fully saturated rings. The minimum absolute atomic E-state index is 0.375. The van der Waals surface area contributed by atoms with E-state index in [1.54, 1.807) is 6.07 Å². The van der Waals surface area contributed by atoms with Crippen LogP contribution in [0.5, 0.6) is 11.5 Å². The van der Waals surface area contributed by atoms with Crippen LogP contribution in [-0.4, -0.2) is 25.3 Å². The molecule has 1 rings (SSSR count). The van der Waals surface area contributed by atoms with Gasteiger partial charge in [0.25, 0.3) is 0 Å². The highest BCUT2D eigenvalue weighted by molar-refractivity contribution is 5.77. The molecule has 3 N–H and O–H groups in total. The largest absolute Gasteiger partial charge is 0.493 e. The topological polar surface area (TPSA) is 81.8 Å². The van der Waals surface area contributed by atoms with Gasteiger partial charge in [-0.25, -0.2) is 0 Å². The maximum atomic E-state index is 10.9. The number of carboxylic acids is 1. The summed E-state index contributed by atoms with van der Waals surface area (Å²) < 4.78 is 10.3. The van der Waals surface area contributed by atoms with Gasteiger partial charge >= 0.3 is 5.97 Å². The van der Waals surface area contributed by atoms with Crippen LogP contribution in [0.1, 0.15) is 24.1 Å². The van der Waals surface area contributed by atoms with E-state index in [0.717, 1.165) is 12.0 Å². The van der Waals surface area contributed by atoms with Gasteiger partial charge in [-0.2, -0.15) is 0 Å². The standard InChI is InChI=1S/C12H17NO4/c1-4-7-5-8(10(13)12(14)15)11(17-3)9(6-7)16-2/h5-6,10H,4,13H2,1-3H3,(H,14,15). The van der Waals surface area contributed by atoms with E-state index in [1.807, 2.05) is 13.0 Å². The molecule has 1 aromatic rings. The molecule has 0 saturated carbocycles. The number of aliphatic carboxylic acids is 1. The summed E-state index contributed by atoms with van der Waals surface area (Å²) in [5.41, 5.74) is 7.01. The average Bonchev–Trinajstić information content (AvgIpc) is 2.35. The van der Waals surface area contributed by atoms with Crippen LogP contribution < -0.4 is 15.2 Å². The number of hydrogen-bond donors (Lipinski definition) is 2. The number of hydrogen-bond acceptors (Lipinski definition) is 4. The third kappa shape index (κ3) is 2.68. The first-order valence-corrected chi connectivity index (χ1v) is 5.28. The normalized spacial score (nSPS) is 12.0. The zero-order valence-electron chi connectivity index (χ0n) is 10.2. The van der Waals surface area contributed by atoms with Gasteiger partial charge in [-0.3, -0.25) is 4.79 Å². The highest BCUT2D eigenvalue weighted by atomic mass is 16.5. The lowest BCUT2D eigenvalue weighted by Gasteiger charge is -2.17. The van der Waals surface area contributed by atoms with Crippen LogP contribution in [0, 0.1) is 0 Å². The van der Waals surface area contributed by atoms with Crippen LogP contribution >= 0.6 is 0 Å². The Balaban J connectivity index is 3.38. The van der Waals surface area contributed by atoms with Gasteiger partial charge in [0.05, 0.1) is 14.2 Å². The summed E-state index contributed by atoms with van der Waals surface area (Å²) in [6.07, 6.45) is 0.764. The molecular formula is C12H17NO4. The van der Waals surface area contributed by atoms with Crippen LogP contribution in [-0.2, 0) is 11.2 Å². The molecular weight excluding hydrogens is 222 g/mol. The van der Waals surface area contributed by atoms with Crippen molar-refractivity contribution < 1.29 is 19.4 Å². The van der Waals surface area contributed by atoms with Gasteiger partial charge in [0.2, 0.25) is 0 Å². The first-order valence-electron chi connectivity index (χ1n) is 5.28. The van der Waals surface area contributed by atoms with E-state index in [4.69, 9.17) is 20.3 Å². The van der Waals surface area contributed by atoms with E-state index in [0.29, 0.717) is 17.1 Å². The van der Waals surface area contributed by atoms with Crippen molar-refractivity contribution in [3.05, 3.63) is 23.3 Å². The highest BCUT2D eigenvalue weighted by Crippen LogP contribution is 2.35. The molecule has 1 unspecified atom stereocenters. The van der Waals surface area contributed by atoms with Crippen LogP contribution in [0.3, 0.4) is 0 Å². The Hall–Kier alpha value is -1.75. The third-order valence-electron chi connectivity index (χ3n) is 2.58. The Morgan fingerprint density at radius 3 is 2.47 bits per heavy atom. The lowest BCUT2D eigenvalue weighted by atomic mass is 10.0. The third-order valence-corrected chi connectivity index (χ3v) is 2.58. The Morgan fingerprint density at radius 1 is 1.41 bits per heavy atom. The highest BCUT2D eigenvalue weighted by Gasteiger charge is 2.22. The number of carboxylic acid groups (broad SMARTS) is 1. The van der Waals surface area contributed by atoms with Gasteiger partial charge in [-0.15, -0.1) is 0 Å². The zero-order chi connectivity index (χ0) is 13.0. The molecule has 1 atom stereocenters. The SMILES string of the molecule is CCc1cc(OC)c(OC)c(C(N)C(=O)O)c1. The number of aryl methyl sites for hydroxylation is 1. The molecule has 0 bridgehead atoms. The molecule has 94 valence electrons. The van der Waals surface area contributed by atoms with Crippen LogP contribution in [0.25, 0.3) is 0 Å². The number of carbonyl (C=O) groups is 1. The molecule has 0 spiro atoms. The maximum absolute atomic E-state index is 10.9. The molecule has 0 amide bonds. The van der Waals surface area contributed by atoms with E-state index in [9.17, 15) is 4.79 Å². The molecule has 0 saturated heterocycles. The Kier molecular flexibility index (Phi) is 4.34. The fourth-order valence-corrected chi connectivity index (χ4v) is 1.62. The quantitative estimate of drug-likeness (QED) is 0.810. The number of rotatable bonds is 5. The van der Waals surface area contributed by atoms with E-state index >= 15 is 0 Å². The second-order valence-corrected chi connectivity index (χ2v) is 3.59.